The molecule has 0 aromatic carbocycles. The molecular weight excluding hydrogens is 432 g/mol. The van der Waals surface area contributed by atoms with Gasteiger partial charge in [-0.05, 0) is 98.7 Å². The monoisotopic (exact) mass is 470 g/mol. The zero-order chi connectivity index (χ0) is 23.3. The molecule has 6 heteroatoms. The van der Waals surface area contributed by atoms with E-state index in [9.17, 15) is 14.4 Å². The zero-order valence-electron chi connectivity index (χ0n) is 20.4. The summed E-state index contributed by atoms with van der Waals surface area (Å²) in [6.07, 6.45) is 8.17. The van der Waals surface area contributed by atoms with E-state index in [0.717, 1.165) is 51.4 Å². The van der Waals surface area contributed by atoms with Crippen LogP contribution >= 0.6 is 0 Å². The van der Waals surface area contributed by atoms with Gasteiger partial charge in [0.05, 0.1) is 17.9 Å². The summed E-state index contributed by atoms with van der Waals surface area (Å²) in [6, 6.07) is 0. The van der Waals surface area contributed by atoms with E-state index in [4.69, 9.17) is 14.2 Å². The number of Topliss-reactive ketones (excluding diaryl/α,β-unsaturated/α-hetero) is 1. The number of fused-ring (bicyclic) bond motifs is 9. The first kappa shape index (κ1) is 21.8. The highest BCUT2D eigenvalue weighted by atomic mass is 16.7. The first-order valence-electron chi connectivity index (χ1n) is 14.0. The van der Waals surface area contributed by atoms with Gasteiger partial charge in [-0.2, -0.15) is 0 Å². The van der Waals surface area contributed by atoms with E-state index in [2.05, 4.69) is 0 Å². The molecule has 8 aliphatic carbocycles. The number of hydrogen-bond acceptors (Lipinski definition) is 6. The minimum absolute atomic E-state index is 0.00958. The van der Waals surface area contributed by atoms with Gasteiger partial charge in [0.1, 0.15) is 11.9 Å². The molecule has 0 aromatic rings. The van der Waals surface area contributed by atoms with E-state index >= 15 is 0 Å². The minimum Gasteiger partial charge on any atom is -0.462 e. The predicted molar refractivity (Wildman–Crippen MR) is 121 cm³/mol. The summed E-state index contributed by atoms with van der Waals surface area (Å²) in [5.74, 6) is 4.71. The molecule has 6 nitrogen and oxygen atoms in total. The number of carbonyl (C=O) groups excluding carboxylic acids is 3. The lowest BCUT2D eigenvalue weighted by atomic mass is 9.67. The molecule has 0 N–H and O–H groups in total. The van der Waals surface area contributed by atoms with E-state index in [1.807, 2.05) is 13.8 Å². The summed E-state index contributed by atoms with van der Waals surface area (Å²) in [4.78, 5) is 38.1. The van der Waals surface area contributed by atoms with Crippen molar-refractivity contribution in [3.63, 3.8) is 0 Å². The third-order valence-corrected chi connectivity index (χ3v) is 11.7. The molecule has 0 saturated heterocycles. The second kappa shape index (κ2) is 7.78. The van der Waals surface area contributed by atoms with E-state index in [1.165, 1.54) is 0 Å². The van der Waals surface area contributed by atoms with Gasteiger partial charge in [-0.1, -0.05) is 13.8 Å². The summed E-state index contributed by atoms with van der Waals surface area (Å²) in [5, 5.41) is 0. The van der Waals surface area contributed by atoms with Crippen molar-refractivity contribution in [2.75, 3.05) is 6.79 Å². The maximum absolute atomic E-state index is 13.1. The molecule has 14 atom stereocenters. The standard InChI is InChI=1S/C28H38O6/c1-3-12(2)27(30)34-22-10-15-9-20(22)24-16-7-14(23(15)24)8-19(16)28(31)33-11-32-26-18-5-13-4-17(18)25(29)21(26)6-13/h12-24,26H,3-11H2,1-2H3. The fraction of sp³-hybridized carbons (Fsp3) is 0.893. The molecule has 14 unspecified atom stereocenters. The van der Waals surface area contributed by atoms with Crippen LogP contribution in [-0.4, -0.2) is 36.7 Å². The Morgan fingerprint density at radius 2 is 1.68 bits per heavy atom. The number of hydrogen-bond donors (Lipinski definition) is 0. The normalized spacial score (nSPS) is 51.8. The molecule has 8 fully saturated rings. The second-order valence-electron chi connectivity index (χ2n) is 12.9. The highest BCUT2D eigenvalue weighted by molar-refractivity contribution is 5.88. The van der Waals surface area contributed by atoms with Crippen LogP contribution in [0.1, 0.15) is 65.2 Å². The first-order valence-corrected chi connectivity index (χ1v) is 14.0. The molecule has 8 rings (SSSR count). The van der Waals surface area contributed by atoms with Crippen molar-refractivity contribution in [3.8, 4) is 0 Å². The van der Waals surface area contributed by atoms with Crippen molar-refractivity contribution in [2.45, 2.75) is 77.4 Å². The topological polar surface area (TPSA) is 78.9 Å². The van der Waals surface area contributed by atoms with Gasteiger partial charge in [0.15, 0.2) is 6.79 Å². The Hall–Kier alpha value is -1.43. The summed E-state index contributed by atoms with van der Waals surface area (Å²) in [5.41, 5.74) is 0. The van der Waals surface area contributed by atoms with Crippen molar-refractivity contribution in [2.24, 2.45) is 71.0 Å². The lowest BCUT2D eigenvalue weighted by molar-refractivity contribution is -0.176. The molecule has 0 radical (unpaired) electrons. The zero-order valence-corrected chi connectivity index (χ0v) is 20.4. The molecular formula is C28H38O6. The van der Waals surface area contributed by atoms with E-state index in [0.29, 0.717) is 53.1 Å². The van der Waals surface area contributed by atoms with Crippen molar-refractivity contribution in [1.29, 1.82) is 0 Å². The Morgan fingerprint density at radius 1 is 0.912 bits per heavy atom. The third-order valence-electron chi connectivity index (χ3n) is 11.7. The molecule has 8 aliphatic rings. The molecule has 0 aromatic heterocycles. The smallest absolute Gasteiger partial charge is 0.311 e. The molecule has 8 saturated carbocycles. The van der Waals surface area contributed by atoms with E-state index < -0.39 is 0 Å². The SMILES string of the molecule is CCC(C)C(=O)OC1CC2CC1C1C3CC(CC3C(=O)OCOC3C4CC5CC(C4=O)C3C5)C21. The Morgan fingerprint density at radius 3 is 2.47 bits per heavy atom. The number of rotatable bonds is 7. The summed E-state index contributed by atoms with van der Waals surface area (Å²) in [7, 11) is 0. The largest absolute Gasteiger partial charge is 0.462 e. The van der Waals surface area contributed by atoms with Crippen LogP contribution in [0.2, 0.25) is 0 Å². The summed E-state index contributed by atoms with van der Waals surface area (Å²) in [6.45, 7) is 3.96. The Balaban J connectivity index is 0.961. The first-order chi connectivity index (χ1) is 16.4. The maximum Gasteiger partial charge on any atom is 0.311 e. The van der Waals surface area contributed by atoms with Gasteiger partial charge < -0.3 is 14.2 Å². The van der Waals surface area contributed by atoms with Gasteiger partial charge in [0.2, 0.25) is 0 Å². The highest BCUT2D eigenvalue weighted by Gasteiger charge is 2.66. The van der Waals surface area contributed by atoms with Crippen molar-refractivity contribution < 1.29 is 28.6 Å². The van der Waals surface area contributed by atoms with Gasteiger partial charge in [-0.25, -0.2) is 0 Å². The van der Waals surface area contributed by atoms with E-state index in [1.54, 1.807) is 0 Å². The molecule has 186 valence electrons. The maximum atomic E-state index is 13.1. The molecule has 0 heterocycles. The molecule has 34 heavy (non-hydrogen) atoms. The van der Waals surface area contributed by atoms with Crippen LogP contribution < -0.4 is 0 Å². The van der Waals surface area contributed by atoms with Crippen LogP contribution in [0.15, 0.2) is 0 Å². The Bertz CT molecular complexity index is 899. The van der Waals surface area contributed by atoms with Crippen molar-refractivity contribution in [1.82, 2.24) is 0 Å². The van der Waals surface area contributed by atoms with Gasteiger partial charge in [0.25, 0.3) is 0 Å². The molecule has 0 spiro atoms. The van der Waals surface area contributed by atoms with Gasteiger partial charge in [0, 0.05) is 11.8 Å². The number of carbonyl (C=O) groups is 3. The number of ketones is 1. The number of esters is 2. The van der Waals surface area contributed by atoms with E-state index in [-0.39, 0.29) is 54.6 Å². The number of ether oxygens (including phenoxy) is 3. The van der Waals surface area contributed by atoms with Crippen LogP contribution in [0.25, 0.3) is 0 Å². The Kier molecular flexibility index (Phi) is 4.99. The average molecular weight is 471 g/mol. The predicted octanol–water partition coefficient (Wildman–Crippen LogP) is 4.00. The molecule has 0 aliphatic heterocycles. The van der Waals surface area contributed by atoms with Crippen LogP contribution in [0.3, 0.4) is 0 Å². The fourth-order valence-corrected chi connectivity index (χ4v) is 10.3. The molecule has 0 amide bonds. The lowest BCUT2D eigenvalue weighted by Crippen LogP contribution is -2.42. The Labute approximate surface area is 201 Å². The van der Waals surface area contributed by atoms with Crippen LogP contribution in [0.5, 0.6) is 0 Å². The van der Waals surface area contributed by atoms with Crippen LogP contribution in [0.4, 0.5) is 0 Å². The van der Waals surface area contributed by atoms with Crippen LogP contribution in [0, 0.1) is 71.0 Å². The quantitative estimate of drug-likeness (QED) is 0.318. The van der Waals surface area contributed by atoms with Crippen LogP contribution in [-0.2, 0) is 28.6 Å². The highest BCUT2D eigenvalue weighted by Crippen LogP contribution is 2.69. The lowest BCUT2D eigenvalue weighted by Gasteiger charge is -2.40. The summed E-state index contributed by atoms with van der Waals surface area (Å²) < 4.78 is 17.7. The van der Waals surface area contributed by atoms with Crippen molar-refractivity contribution >= 4 is 17.7 Å². The second-order valence-corrected chi connectivity index (χ2v) is 12.9. The van der Waals surface area contributed by atoms with Gasteiger partial charge in [-0.15, -0.1) is 0 Å². The minimum atomic E-state index is -0.111. The third kappa shape index (κ3) is 2.99. The fourth-order valence-electron chi connectivity index (χ4n) is 10.3. The summed E-state index contributed by atoms with van der Waals surface area (Å²) >= 11 is 0. The molecule has 8 bridgehead atoms. The van der Waals surface area contributed by atoms with Crippen molar-refractivity contribution in [3.05, 3.63) is 0 Å². The average Bonchev–Trinajstić information content (AvgIpc) is 3.65. The van der Waals surface area contributed by atoms with Gasteiger partial charge in [-0.3, -0.25) is 14.4 Å². The van der Waals surface area contributed by atoms with Gasteiger partial charge >= 0.3 is 11.9 Å².